The Morgan fingerprint density at radius 3 is 2.11 bits per heavy atom. The highest BCUT2D eigenvalue weighted by atomic mass is 32.2. The van der Waals surface area contributed by atoms with Crippen molar-refractivity contribution in [1.82, 2.24) is 5.32 Å². The second-order valence-electron chi connectivity index (χ2n) is 4.83. The highest BCUT2D eigenvalue weighted by Crippen LogP contribution is 2.24. The Kier molecular flexibility index (Phi) is 5.69. The van der Waals surface area contributed by atoms with Gasteiger partial charge in [-0.05, 0) is 31.5 Å². The molecule has 0 aliphatic carbocycles. The average molecular weight is 267 g/mol. The molecule has 0 fully saturated rings. The van der Waals surface area contributed by atoms with Crippen LogP contribution in [0.4, 0.5) is 0 Å². The normalized spacial score (nSPS) is 13.0. The number of nitrogens with one attached hydrogen (secondary N) is 1. The van der Waals surface area contributed by atoms with Crippen molar-refractivity contribution in [2.24, 2.45) is 0 Å². The minimum Gasteiger partial charge on any atom is -0.480 e. The molecule has 0 spiro atoms. The fraction of sp³-hybridized carbons (Fsp3) is 0.500. The van der Waals surface area contributed by atoms with Crippen molar-refractivity contribution in [3.8, 4) is 0 Å². The molecule has 0 heterocycles. The molecule has 0 aliphatic heterocycles. The van der Waals surface area contributed by atoms with Gasteiger partial charge in [0, 0.05) is 16.2 Å². The Morgan fingerprint density at radius 1 is 1.17 bits per heavy atom. The van der Waals surface area contributed by atoms with Gasteiger partial charge in [-0.3, -0.25) is 10.1 Å². The summed E-state index contributed by atoms with van der Waals surface area (Å²) in [5.74, 6) is -0.840. The van der Waals surface area contributed by atoms with E-state index in [1.165, 1.54) is 4.90 Å². The summed E-state index contributed by atoms with van der Waals surface area (Å²) in [6.45, 7) is 8.16. The van der Waals surface area contributed by atoms with E-state index in [-0.39, 0.29) is 6.04 Å². The summed E-state index contributed by atoms with van der Waals surface area (Å²) in [5, 5.41) is 12.8. The number of thioether (sulfide) groups is 1. The van der Waals surface area contributed by atoms with Crippen LogP contribution < -0.4 is 5.32 Å². The van der Waals surface area contributed by atoms with E-state index in [2.05, 4.69) is 19.2 Å². The molecule has 18 heavy (non-hydrogen) atoms. The first kappa shape index (κ1) is 15.1. The zero-order valence-corrected chi connectivity index (χ0v) is 12.1. The molecule has 0 aliphatic rings. The van der Waals surface area contributed by atoms with Crippen molar-refractivity contribution in [3.63, 3.8) is 0 Å². The second kappa shape index (κ2) is 6.81. The van der Waals surface area contributed by atoms with Gasteiger partial charge in [0.2, 0.25) is 0 Å². The average Bonchev–Trinajstić information content (AvgIpc) is 2.26. The molecule has 100 valence electrons. The van der Waals surface area contributed by atoms with Crippen molar-refractivity contribution >= 4 is 17.7 Å². The van der Waals surface area contributed by atoms with Crippen LogP contribution in [0.5, 0.6) is 0 Å². The lowest BCUT2D eigenvalue weighted by Gasteiger charge is -2.18. The molecule has 1 atom stereocenters. The van der Waals surface area contributed by atoms with E-state index in [0.717, 1.165) is 5.56 Å². The number of carboxylic acids is 1. The number of carboxylic acid groups (broad SMARTS) is 1. The summed E-state index contributed by atoms with van der Waals surface area (Å²) in [6, 6.07) is 7.24. The van der Waals surface area contributed by atoms with E-state index in [1.54, 1.807) is 11.8 Å². The van der Waals surface area contributed by atoms with Crippen LogP contribution >= 0.6 is 11.8 Å². The first-order valence-corrected chi connectivity index (χ1v) is 7.03. The maximum absolute atomic E-state index is 11.2. The third-order valence-electron chi connectivity index (χ3n) is 2.33. The molecule has 0 radical (unpaired) electrons. The van der Waals surface area contributed by atoms with Gasteiger partial charge in [-0.2, -0.15) is 0 Å². The molecular formula is C14H21NO2S. The first-order chi connectivity index (χ1) is 8.40. The van der Waals surface area contributed by atoms with Crippen LogP contribution in [0.15, 0.2) is 29.2 Å². The summed E-state index contributed by atoms with van der Waals surface area (Å²) in [7, 11) is 0. The number of carbonyl (C=O) groups is 1. The molecule has 0 saturated heterocycles. The van der Waals surface area contributed by atoms with E-state index in [0.29, 0.717) is 5.25 Å². The molecule has 1 rings (SSSR count). The maximum atomic E-state index is 11.2. The smallest absolute Gasteiger partial charge is 0.325 e. The predicted molar refractivity (Wildman–Crippen MR) is 76.1 cm³/mol. The number of aliphatic carboxylic acids is 1. The van der Waals surface area contributed by atoms with Crippen LogP contribution in [0, 0.1) is 0 Å². The Morgan fingerprint density at radius 2 is 1.72 bits per heavy atom. The van der Waals surface area contributed by atoms with Gasteiger partial charge in [-0.15, -0.1) is 11.8 Å². The van der Waals surface area contributed by atoms with Crippen LogP contribution in [0.25, 0.3) is 0 Å². The Balaban J connectivity index is 2.83. The van der Waals surface area contributed by atoms with Crippen molar-refractivity contribution < 1.29 is 9.90 Å². The Hall–Kier alpha value is -1.00. The summed E-state index contributed by atoms with van der Waals surface area (Å²) < 4.78 is 0. The molecule has 1 aromatic rings. The topological polar surface area (TPSA) is 49.3 Å². The predicted octanol–water partition coefficient (Wildman–Crippen LogP) is 3.31. The van der Waals surface area contributed by atoms with Gasteiger partial charge in [0.25, 0.3) is 0 Å². The molecule has 0 bridgehead atoms. The molecule has 0 aromatic heterocycles. The molecular weight excluding hydrogens is 246 g/mol. The standard InChI is InChI=1S/C14H21NO2S/c1-9(2)15-13(14(16)17)11-5-7-12(8-6-11)18-10(3)4/h5-10,13,15H,1-4H3,(H,16,17). The van der Waals surface area contributed by atoms with E-state index in [9.17, 15) is 9.90 Å². The van der Waals surface area contributed by atoms with Gasteiger partial charge in [0.15, 0.2) is 0 Å². The second-order valence-corrected chi connectivity index (χ2v) is 6.48. The highest BCUT2D eigenvalue weighted by Gasteiger charge is 2.20. The lowest BCUT2D eigenvalue weighted by Crippen LogP contribution is -2.33. The molecule has 1 aromatic carbocycles. The van der Waals surface area contributed by atoms with Crippen molar-refractivity contribution in [1.29, 1.82) is 0 Å². The van der Waals surface area contributed by atoms with Crippen LogP contribution in [0.3, 0.4) is 0 Å². The minimum absolute atomic E-state index is 0.135. The van der Waals surface area contributed by atoms with E-state index in [1.807, 2.05) is 38.1 Å². The third kappa shape index (κ3) is 4.70. The molecule has 1 unspecified atom stereocenters. The van der Waals surface area contributed by atoms with Crippen LogP contribution in [-0.4, -0.2) is 22.4 Å². The minimum atomic E-state index is -0.840. The van der Waals surface area contributed by atoms with Gasteiger partial charge in [-0.1, -0.05) is 26.0 Å². The van der Waals surface area contributed by atoms with Crippen LogP contribution in [0.2, 0.25) is 0 Å². The van der Waals surface area contributed by atoms with Crippen molar-refractivity contribution in [2.45, 2.75) is 49.9 Å². The van der Waals surface area contributed by atoms with Gasteiger partial charge < -0.3 is 5.11 Å². The Labute approximate surface area is 113 Å². The van der Waals surface area contributed by atoms with Crippen molar-refractivity contribution in [2.75, 3.05) is 0 Å². The molecule has 0 amide bonds. The van der Waals surface area contributed by atoms with Gasteiger partial charge in [-0.25, -0.2) is 0 Å². The molecule has 0 saturated carbocycles. The SMILES string of the molecule is CC(C)NC(C(=O)O)c1ccc(SC(C)C)cc1. The monoisotopic (exact) mass is 267 g/mol. The quantitative estimate of drug-likeness (QED) is 0.776. The summed E-state index contributed by atoms with van der Waals surface area (Å²) >= 11 is 1.77. The van der Waals surface area contributed by atoms with E-state index < -0.39 is 12.0 Å². The zero-order valence-electron chi connectivity index (χ0n) is 11.3. The highest BCUT2D eigenvalue weighted by molar-refractivity contribution is 7.99. The number of benzene rings is 1. The lowest BCUT2D eigenvalue weighted by atomic mass is 10.1. The fourth-order valence-electron chi connectivity index (χ4n) is 1.65. The van der Waals surface area contributed by atoms with Crippen molar-refractivity contribution in [3.05, 3.63) is 29.8 Å². The molecule has 2 N–H and O–H groups in total. The van der Waals surface area contributed by atoms with E-state index >= 15 is 0 Å². The van der Waals surface area contributed by atoms with Gasteiger partial charge >= 0.3 is 5.97 Å². The Bertz CT molecular complexity index is 387. The largest absolute Gasteiger partial charge is 0.480 e. The van der Waals surface area contributed by atoms with Crippen LogP contribution in [0.1, 0.15) is 39.3 Å². The first-order valence-electron chi connectivity index (χ1n) is 6.15. The maximum Gasteiger partial charge on any atom is 0.325 e. The number of hydrogen-bond acceptors (Lipinski definition) is 3. The van der Waals surface area contributed by atoms with Gasteiger partial charge in [0.1, 0.15) is 6.04 Å². The van der Waals surface area contributed by atoms with E-state index in [4.69, 9.17) is 0 Å². The fourth-order valence-corrected chi connectivity index (χ4v) is 2.49. The summed E-state index contributed by atoms with van der Waals surface area (Å²) in [6.07, 6.45) is 0. The summed E-state index contributed by atoms with van der Waals surface area (Å²) in [5.41, 5.74) is 0.796. The van der Waals surface area contributed by atoms with Gasteiger partial charge in [0.05, 0.1) is 0 Å². The zero-order chi connectivity index (χ0) is 13.7. The number of rotatable bonds is 6. The van der Waals surface area contributed by atoms with Crippen LogP contribution in [-0.2, 0) is 4.79 Å². The lowest BCUT2D eigenvalue weighted by molar-refractivity contribution is -0.139. The summed E-state index contributed by atoms with van der Waals surface area (Å²) in [4.78, 5) is 12.4. The molecule has 4 heteroatoms. The number of hydrogen-bond donors (Lipinski definition) is 2. The third-order valence-corrected chi connectivity index (χ3v) is 3.35. The molecule has 3 nitrogen and oxygen atoms in total.